The van der Waals surface area contributed by atoms with Crippen molar-refractivity contribution in [2.75, 3.05) is 0 Å². The molecular weight excluding hydrogens is 280 g/mol. The zero-order valence-electron chi connectivity index (χ0n) is 12.3. The predicted molar refractivity (Wildman–Crippen MR) is 77.5 cm³/mol. The van der Waals surface area contributed by atoms with Crippen LogP contribution < -0.4 is 0 Å². The van der Waals surface area contributed by atoms with Crippen LogP contribution in [0.4, 0.5) is 0 Å². The summed E-state index contributed by atoms with van der Waals surface area (Å²) in [6.45, 7) is 2.20. The van der Waals surface area contributed by atoms with E-state index in [1.165, 1.54) is 38.5 Å². The molecule has 0 saturated carbocycles. The fraction of sp³-hybridized carbons (Fsp3) is 0.929. The number of ketones is 1. The zero-order chi connectivity index (χ0) is 15.2. The average Bonchev–Trinajstić information content (AvgIpc) is 2.35. The quantitative estimate of drug-likeness (QED) is 0.303. The Hall–Kier alpha value is -0.300. The number of hydrogen-bond acceptors (Lipinski definition) is 5. The molecule has 1 N–H and O–H groups in total. The Bertz CT molecular complexity index is 270. The van der Waals surface area contributed by atoms with Crippen LogP contribution in [0.15, 0.2) is 0 Å². The molecule has 0 aliphatic carbocycles. The lowest BCUT2D eigenvalue weighted by Crippen LogP contribution is -2.18. The number of carbonyl (C=O) groups is 1. The van der Waals surface area contributed by atoms with Crippen LogP contribution in [0.3, 0.4) is 0 Å². The summed E-state index contributed by atoms with van der Waals surface area (Å²) in [5.74, 6) is -0.161. The van der Waals surface area contributed by atoms with Crippen molar-refractivity contribution in [2.24, 2.45) is 0 Å². The largest absolute Gasteiger partial charge is 0.750 e. The van der Waals surface area contributed by atoms with E-state index in [1.54, 1.807) is 0 Å². The Morgan fingerprint density at radius 2 is 1.60 bits per heavy atom. The standard InChI is InChI=1S/C14H28O5S/c1-2-3-4-5-6-7-8-9-10-11-13(15)12-14(16)19-20(17)18/h14,16H,2-12H2,1H3,(H,17,18)/p-1. The summed E-state index contributed by atoms with van der Waals surface area (Å²) in [6, 6.07) is 0. The van der Waals surface area contributed by atoms with E-state index < -0.39 is 17.7 Å². The van der Waals surface area contributed by atoms with Gasteiger partial charge in [-0.15, -0.1) is 0 Å². The van der Waals surface area contributed by atoms with Crippen molar-refractivity contribution in [1.29, 1.82) is 0 Å². The van der Waals surface area contributed by atoms with Gasteiger partial charge < -0.3 is 9.66 Å². The van der Waals surface area contributed by atoms with Crippen LogP contribution in [0, 0.1) is 0 Å². The molecular formula is C14H27O5S-. The number of Topliss-reactive ketones (excluding diaryl/α,β-unsaturated/α-hetero) is 1. The van der Waals surface area contributed by atoms with Gasteiger partial charge in [-0.25, -0.2) is 4.21 Å². The Kier molecular flexibility index (Phi) is 13.5. The molecule has 0 aliphatic rings. The maximum Gasteiger partial charge on any atom is 0.176 e. The highest BCUT2D eigenvalue weighted by Crippen LogP contribution is 2.11. The van der Waals surface area contributed by atoms with E-state index >= 15 is 0 Å². The Morgan fingerprint density at radius 3 is 2.10 bits per heavy atom. The van der Waals surface area contributed by atoms with Gasteiger partial charge in [0.1, 0.15) is 5.78 Å². The van der Waals surface area contributed by atoms with Gasteiger partial charge in [-0.3, -0.25) is 8.98 Å². The summed E-state index contributed by atoms with van der Waals surface area (Å²) >= 11 is -2.78. The molecule has 0 spiro atoms. The molecule has 0 radical (unpaired) electrons. The van der Waals surface area contributed by atoms with Gasteiger partial charge in [-0.2, -0.15) is 0 Å². The first-order valence-corrected chi connectivity index (χ1v) is 8.52. The van der Waals surface area contributed by atoms with Crippen molar-refractivity contribution in [3.05, 3.63) is 0 Å². The summed E-state index contributed by atoms with van der Waals surface area (Å²) in [5, 5.41) is 9.10. The van der Waals surface area contributed by atoms with Crippen LogP contribution in [0.25, 0.3) is 0 Å². The van der Waals surface area contributed by atoms with Crippen LogP contribution >= 0.6 is 0 Å². The van der Waals surface area contributed by atoms with E-state index in [9.17, 15) is 13.6 Å². The summed E-state index contributed by atoms with van der Waals surface area (Å²) < 4.78 is 24.3. The van der Waals surface area contributed by atoms with Crippen molar-refractivity contribution >= 4 is 17.1 Å². The molecule has 0 fully saturated rings. The molecule has 0 aromatic heterocycles. The van der Waals surface area contributed by atoms with Gasteiger partial charge in [0.2, 0.25) is 0 Å². The molecule has 2 unspecified atom stereocenters. The van der Waals surface area contributed by atoms with Gasteiger partial charge in [0.25, 0.3) is 0 Å². The number of hydrogen-bond donors (Lipinski definition) is 1. The van der Waals surface area contributed by atoms with Gasteiger partial charge >= 0.3 is 0 Å². The first-order valence-electron chi connectivity index (χ1n) is 7.52. The maximum absolute atomic E-state index is 11.4. The SMILES string of the molecule is CCCCCCCCCCCC(=O)CC(O)OS(=O)[O-]. The van der Waals surface area contributed by atoms with E-state index in [4.69, 9.17) is 5.11 Å². The molecule has 0 aliphatic heterocycles. The fourth-order valence-electron chi connectivity index (χ4n) is 2.05. The van der Waals surface area contributed by atoms with Crippen LogP contribution in [0.1, 0.15) is 77.6 Å². The van der Waals surface area contributed by atoms with Crippen molar-refractivity contribution in [1.82, 2.24) is 0 Å². The van der Waals surface area contributed by atoms with Gasteiger partial charge in [0.05, 0.1) is 17.8 Å². The topological polar surface area (TPSA) is 86.7 Å². The Labute approximate surface area is 124 Å². The van der Waals surface area contributed by atoms with E-state index in [2.05, 4.69) is 11.1 Å². The van der Waals surface area contributed by atoms with Crippen LogP contribution in [0.2, 0.25) is 0 Å². The van der Waals surface area contributed by atoms with Gasteiger partial charge in [0.15, 0.2) is 6.29 Å². The van der Waals surface area contributed by atoms with Gasteiger partial charge in [0, 0.05) is 6.42 Å². The predicted octanol–water partition coefficient (Wildman–Crippen LogP) is 3.00. The Balaban J connectivity index is 3.33. The maximum atomic E-state index is 11.4. The molecule has 0 rings (SSSR count). The Morgan fingerprint density at radius 1 is 1.10 bits per heavy atom. The molecule has 0 aromatic carbocycles. The highest BCUT2D eigenvalue weighted by atomic mass is 32.2. The number of aliphatic hydroxyl groups is 1. The lowest BCUT2D eigenvalue weighted by Gasteiger charge is -2.11. The molecule has 20 heavy (non-hydrogen) atoms. The minimum absolute atomic E-state index is 0.161. The van der Waals surface area contributed by atoms with Crippen LogP contribution in [-0.2, 0) is 20.3 Å². The number of aliphatic hydroxyl groups excluding tert-OH is 1. The summed E-state index contributed by atoms with van der Waals surface area (Å²) in [7, 11) is 0. The monoisotopic (exact) mass is 307 g/mol. The van der Waals surface area contributed by atoms with E-state index in [1.807, 2.05) is 0 Å². The molecule has 0 aromatic rings. The molecule has 0 heterocycles. The molecule has 120 valence electrons. The van der Waals surface area contributed by atoms with Crippen LogP contribution in [0.5, 0.6) is 0 Å². The molecule has 0 saturated heterocycles. The van der Waals surface area contributed by atoms with Crippen molar-refractivity contribution in [2.45, 2.75) is 83.8 Å². The average molecular weight is 307 g/mol. The van der Waals surface area contributed by atoms with Gasteiger partial charge in [-0.1, -0.05) is 58.3 Å². The van der Waals surface area contributed by atoms with Crippen molar-refractivity contribution < 1.29 is 22.8 Å². The molecule has 0 bridgehead atoms. The number of unbranched alkanes of at least 4 members (excludes halogenated alkanes) is 8. The minimum Gasteiger partial charge on any atom is -0.750 e. The highest BCUT2D eigenvalue weighted by Gasteiger charge is 2.11. The highest BCUT2D eigenvalue weighted by molar-refractivity contribution is 7.74. The summed E-state index contributed by atoms with van der Waals surface area (Å²) in [6.07, 6.45) is 9.15. The second-order valence-corrected chi connectivity index (χ2v) is 5.68. The fourth-order valence-corrected chi connectivity index (χ4v) is 2.30. The zero-order valence-corrected chi connectivity index (χ0v) is 13.2. The van der Waals surface area contributed by atoms with E-state index in [0.29, 0.717) is 6.42 Å². The summed E-state index contributed by atoms with van der Waals surface area (Å²) in [4.78, 5) is 11.4. The first-order chi connectivity index (χ1) is 9.56. The van der Waals surface area contributed by atoms with Crippen molar-refractivity contribution in [3.63, 3.8) is 0 Å². The normalized spacial score (nSPS) is 14.2. The lowest BCUT2D eigenvalue weighted by molar-refractivity contribution is -0.125. The van der Waals surface area contributed by atoms with Gasteiger partial charge in [-0.05, 0) is 6.42 Å². The molecule has 6 heteroatoms. The van der Waals surface area contributed by atoms with E-state index in [-0.39, 0.29) is 12.2 Å². The third kappa shape index (κ3) is 14.1. The lowest BCUT2D eigenvalue weighted by atomic mass is 10.0. The van der Waals surface area contributed by atoms with E-state index in [0.717, 1.165) is 19.3 Å². The first kappa shape index (κ1) is 19.7. The van der Waals surface area contributed by atoms with Crippen LogP contribution in [-0.4, -0.2) is 25.9 Å². The molecule has 2 atom stereocenters. The number of carbonyl (C=O) groups excluding carboxylic acids is 1. The third-order valence-corrected chi connectivity index (χ3v) is 3.53. The minimum atomic E-state index is -2.78. The molecule has 5 nitrogen and oxygen atoms in total. The molecule has 0 amide bonds. The summed E-state index contributed by atoms with van der Waals surface area (Å²) in [5.41, 5.74) is 0. The smallest absolute Gasteiger partial charge is 0.176 e. The van der Waals surface area contributed by atoms with Crippen molar-refractivity contribution in [3.8, 4) is 0 Å². The third-order valence-electron chi connectivity index (χ3n) is 3.15. The second kappa shape index (κ2) is 13.7. The number of rotatable bonds is 14. The second-order valence-electron chi connectivity index (χ2n) is 5.08.